The van der Waals surface area contributed by atoms with Crippen molar-refractivity contribution in [3.63, 3.8) is 0 Å². The highest BCUT2D eigenvalue weighted by Crippen LogP contribution is 1.88. The number of nitrogens with one attached hydrogen (secondary N) is 10. The summed E-state index contributed by atoms with van der Waals surface area (Å²) in [5.41, 5.74) is 19.7. The number of amides is 4. The van der Waals surface area contributed by atoms with E-state index in [2.05, 4.69) is 53.7 Å². The number of halogens is 1. The van der Waals surface area contributed by atoms with E-state index in [1.54, 1.807) is 11.9 Å². The van der Waals surface area contributed by atoms with Gasteiger partial charge in [-0.3, -0.25) is 50.7 Å². The Kier molecular flexibility index (Phi) is 38.7. The maximum Gasteiger partial charge on any atom is 0.392 e. The van der Waals surface area contributed by atoms with Gasteiger partial charge in [-0.1, -0.05) is 0 Å². The van der Waals surface area contributed by atoms with Crippen molar-refractivity contribution in [3.8, 4) is 0 Å². The van der Waals surface area contributed by atoms with Crippen LogP contribution in [0, 0.1) is 0 Å². The predicted molar refractivity (Wildman–Crippen MR) is 187 cm³/mol. The molecule has 0 unspecified atom stereocenters. The smallest absolute Gasteiger partial charge is 0.392 e. The van der Waals surface area contributed by atoms with E-state index >= 15 is 0 Å². The molecule has 0 saturated carbocycles. The van der Waals surface area contributed by atoms with E-state index in [0.717, 1.165) is 13.1 Å². The Labute approximate surface area is 285 Å². The van der Waals surface area contributed by atoms with Crippen molar-refractivity contribution in [3.05, 3.63) is 0 Å². The van der Waals surface area contributed by atoms with E-state index in [-0.39, 0.29) is 56.9 Å². The minimum atomic E-state index is -0.875. The van der Waals surface area contributed by atoms with E-state index in [1.807, 2.05) is 7.05 Å². The molecule has 0 heterocycles. The number of carbonyl (C=O) groups is 4. The molecule has 22 nitrogen and oxygen atoms in total. The minimum Gasteiger partial charge on any atom is -0.436 e. The molecule has 0 atom stereocenters. The van der Waals surface area contributed by atoms with Crippen molar-refractivity contribution < 1.29 is 39.3 Å². The topological polar surface area (TPSA) is 328 Å². The Morgan fingerprint density at radius 1 is 0.532 bits per heavy atom. The van der Waals surface area contributed by atoms with Crippen molar-refractivity contribution in [2.45, 2.75) is 27.3 Å². The fourth-order valence-electron chi connectivity index (χ4n) is 2.74. The fraction of sp³-hybridized carbons (Fsp3) is 0.800. The first-order chi connectivity index (χ1) is 21.6. The number of carbonyl (C=O) groups excluding carboxylic acids is 4. The monoisotopic (exact) mass is 700 g/mol. The van der Waals surface area contributed by atoms with Gasteiger partial charge in [0.1, 0.15) is 0 Å². The molecule has 0 saturated heterocycles. The van der Waals surface area contributed by atoms with Crippen LogP contribution in [0.25, 0.3) is 0 Å². The maximum absolute atomic E-state index is 11.6. The number of hydrogen-bond acceptors (Lipinski definition) is 18. The van der Waals surface area contributed by atoms with Crippen LogP contribution < -0.4 is 65.2 Å². The molecule has 0 fully saturated rings. The molecule has 0 aromatic heterocycles. The van der Waals surface area contributed by atoms with E-state index in [4.69, 9.17) is 31.6 Å². The SMILES string of the molecule is CB(O)NNC(=O)CN(CCN)CC(=O)NNB(C)O.CNCCN.CNCCN(CC(=O)NNB(C)O)CC(=O)NNB(C)O.Cl. The normalized spacial score (nSPS) is 9.91. The van der Waals surface area contributed by atoms with Gasteiger partial charge in [-0.05, 0) is 41.4 Å². The third-order valence-electron chi connectivity index (χ3n) is 4.67. The summed E-state index contributed by atoms with van der Waals surface area (Å²) in [6.07, 6.45) is 0. The molecule has 47 heavy (non-hydrogen) atoms. The number of likely N-dealkylation sites (N-methyl/N-ethyl adjacent to an activating group) is 2. The molecule has 0 radical (unpaired) electrons. The van der Waals surface area contributed by atoms with Gasteiger partial charge in [0.15, 0.2) is 0 Å². The molecular formula is C20H57B4ClN14O8. The van der Waals surface area contributed by atoms with Gasteiger partial charge in [-0.2, -0.15) is 0 Å². The van der Waals surface area contributed by atoms with Crippen LogP contribution in [-0.4, -0.2) is 161 Å². The molecule has 4 amide bonds. The lowest BCUT2D eigenvalue weighted by atomic mass is 9.91. The van der Waals surface area contributed by atoms with Gasteiger partial charge in [-0.15, -0.1) is 12.4 Å². The van der Waals surface area contributed by atoms with Crippen LogP contribution in [-0.2, 0) is 19.2 Å². The zero-order chi connectivity index (χ0) is 35.9. The third-order valence-corrected chi connectivity index (χ3v) is 4.67. The molecule has 0 bridgehead atoms. The number of hydrazine groups is 4. The van der Waals surface area contributed by atoms with Gasteiger partial charge in [0.2, 0.25) is 23.6 Å². The molecule has 0 aliphatic carbocycles. The highest BCUT2D eigenvalue weighted by molar-refractivity contribution is 6.46. The second-order valence-electron chi connectivity index (χ2n) is 9.68. The Balaban J connectivity index is -0.000000337. The Hall–Kier alpha value is -2.13. The zero-order valence-electron chi connectivity index (χ0n) is 28.3. The number of hydrogen-bond donors (Lipinski definition) is 16. The van der Waals surface area contributed by atoms with Gasteiger partial charge in [0.05, 0.1) is 26.2 Å². The van der Waals surface area contributed by atoms with Crippen LogP contribution in [0.2, 0.25) is 27.3 Å². The summed E-state index contributed by atoms with van der Waals surface area (Å²) in [5.74, 6) is -1.56. The number of nitrogens with two attached hydrogens (primary N) is 2. The average Bonchev–Trinajstić information content (AvgIpc) is 2.97. The van der Waals surface area contributed by atoms with Gasteiger partial charge >= 0.3 is 28.2 Å². The second-order valence-corrected chi connectivity index (χ2v) is 9.68. The summed E-state index contributed by atoms with van der Waals surface area (Å²) < 4.78 is 0. The van der Waals surface area contributed by atoms with Crippen molar-refractivity contribution in [2.24, 2.45) is 11.5 Å². The standard InChI is InChI=1S/C9H24B2N6O4.C8H22B2N6O4.C3H10N2.ClH/c1-10(20)15-13-8(18)6-17(5-4-12-3)7-9(19)14-16-11(2)21;1-9(19)14-12-7(17)5-16(4-3-11)6-8(18)13-15-10(2)20;1-5-3-2-4;/h12,15-16,20-21H,4-7H2,1-3H3,(H,13,18)(H,14,19);14-15,19-20H,3-6,11H2,1-2H3,(H,12,17)(H,13,18);5H,2-4H2,1H3;1H. The number of nitrogens with zero attached hydrogens (tertiary/aromatic N) is 2. The van der Waals surface area contributed by atoms with Crippen LogP contribution in [0.3, 0.4) is 0 Å². The van der Waals surface area contributed by atoms with Crippen molar-refractivity contribution >= 4 is 64.2 Å². The molecule has 274 valence electrons. The third kappa shape index (κ3) is 41.8. The number of rotatable bonds is 23. The maximum atomic E-state index is 11.6. The average molecular weight is 700 g/mol. The van der Waals surface area contributed by atoms with Crippen LogP contribution in [0.15, 0.2) is 0 Å². The van der Waals surface area contributed by atoms with Crippen LogP contribution >= 0.6 is 12.4 Å². The first kappa shape index (κ1) is 51.7. The van der Waals surface area contributed by atoms with Crippen molar-refractivity contribution in [1.82, 2.24) is 63.5 Å². The largest absolute Gasteiger partial charge is 0.436 e. The molecule has 27 heteroatoms. The van der Waals surface area contributed by atoms with Crippen molar-refractivity contribution in [2.75, 3.05) is 79.5 Å². The zero-order valence-corrected chi connectivity index (χ0v) is 29.1. The molecule has 18 N–H and O–H groups in total. The highest BCUT2D eigenvalue weighted by atomic mass is 35.5. The molecule has 0 aromatic carbocycles. The lowest BCUT2D eigenvalue weighted by Gasteiger charge is -2.21. The first-order valence-electron chi connectivity index (χ1n) is 14.6. The lowest BCUT2D eigenvalue weighted by molar-refractivity contribution is -0.127. The lowest BCUT2D eigenvalue weighted by Crippen LogP contribution is -2.53. The minimum absolute atomic E-state index is 0. The molecule has 0 spiro atoms. The van der Waals surface area contributed by atoms with E-state index in [0.29, 0.717) is 19.6 Å². The summed E-state index contributed by atoms with van der Waals surface area (Å²) >= 11 is 0. The van der Waals surface area contributed by atoms with Gasteiger partial charge in [0.25, 0.3) is 0 Å². The Morgan fingerprint density at radius 2 is 0.809 bits per heavy atom. The van der Waals surface area contributed by atoms with E-state index < -0.39 is 40.0 Å². The second kappa shape index (κ2) is 35.2. The Morgan fingerprint density at radius 3 is 1.00 bits per heavy atom. The van der Waals surface area contributed by atoms with E-state index in [1.165, 1.54) is 32.2 Å². The highest BCUT2D eigenvalue weighted by Gasteiger charge is 2.17. The van der Waals surface area contributed by atoms with Gasteiger partial charge in [0, 0.05) is 39.3 Å². The van der Waals surface area contributed by atoms with Crippen LogP contribution in [0.5, 0.6) is 0 Å². The van der Waals surface area contributed by atoms with Crippen molar-refractivity contribution in [1.29, 1.82) is 0 Å². The molecule has 0 aromatic rings. The first-order valence-corrected chi connectivity index (χ1v) is 14.6. The summed E-state index contributed by atoms with van der Waals surface area (Å²) in [6.45, 7) is 9.08. The van der Waals surface area contributed by atoms with Crippen LogP contribution in [0.4, 0.5) is 0 Å². The summed E-state index contributed by atoms with van der Waals surface area (Å²) in [5, 5.41) is 51.1. The summed E-state index contributed by atoms with van der Waals surface area (Å²) in [7, 11) is 0.173. The Bertz CT molecular complexity index is 750. The summed E-state index contributed by atoms with van der Waals surface area (Å²) in [6, 6.07) is 0. The molecular weight excluding hydrogens is 643 g/mol. The van der Waals surface area contributed by atoms with E-state index in [9.17, 15) is 19.2 Å². The van der Waals surface area contributed by atoms with Crippen LogP contribution in [0.1, 0.15) is 0 Å². The molecule has 0 rings (SSSR count). The van der Waals surface area contributed by atoms with Gasteiger partial charge in [-0.25, -0.2) is 21.3 Å². The van der Waals surface area contributed by atoms with Gasteiger partial charge < -0.3 is 42.2 Å². The molecule has 0 aliphatic heterocycles. The molecule has 0 aliphatic rings. The summed E-state index contributed by atoms with van der Waals surface area (Å²) in [4.78, 5) is 49.5. The fourth-order valence-corrected chi connectivity index (χ4v) is 2.74. The quantitative estimate of drug-likeness (QED) is 0.0347. The predicted octanol–water partition coefficient (Wildman–Crippen LogP) is -8.73.